The minimum Gasteiger partial charge on any atom is -0.490 e. The summed E-state index contributed by atoms with van der Waals surface area (Å²) in [5.41, 5.74) is 1.65. The maximum absolute atomic E-state index is 12.9. The van der Waals surface area contributed by atoms with Crippen molar-refractivity contribution in [2.45, 2.75) is 0 Å². The second-order valence-corrected chi connectivity index (χ2v) is 7.96. The van der Waals surface area contributed by atoms with Crippen LogP contribution in [0.5, 0.6) is 11.5 Å². The molecule has 1 aliphatic rings. The number of nitrogens with zero attached hydrogens (tertiary/aromatic N) is 2. The van der Waals surface area contributed by atoms with E-state index in [-0.39, 0.29) is 5.91 Å². The topological polar surface area (TPSA) is 54.0 Å². The maximum Gasteiger partial charge on any atom is 0.261 e. The number of rotatable bonds is 7. The van der Waals surface area contributed by atoms with Gasteiger partial charge in [-0.05, 0) is 48.6 Å². The van der Waals surface area contributed by atoms with E-state index in [0.29, 0.717) is 29.6 Å². The van der Waals surface area contributed by atoms with E-state index in [9.17, 15) is 4.79 Å². The predicted molar refractivity (Wildman–Crippen MR) is 134 cm³/mol. The minimum atomic E-state index is -0.273. The number of para-hydroxylation sites is 3. The molecule has 0 radical (unpaired) electrons. The van der Waals surface area contributed by atoms with Crippen molar-refractivity contribution in [3.63, 3.8) is 0 Å². The number of nitrogens with one attached hydrogen (secondary N) is 1. The van der Waals surface area contributed by atoms with Gasteiger partial charge < -0.3 is 19.3 Å². The van der Waals surface area contributed by atoms with E-state index in [1.165, 1.54) is 5.69 Å². The van der Waals surface area contributed by atoms with Crippen LogP contribution < -0.4 is 19.7 Å². The summed E-state index contributed by atoms with van der Waals surface area (Å²) in [6.07, 6.45) is 0. The minimum absolute atomic E-state index is 0.273. The number of hydrogen-bond donors (Lipinski definition) is 1. The number of piperazine rings is 1. The van der Waals surface area contributed by atoms with Crippen LogP contribution >= 0.6 is 12.2 Å². The molecule has 1 N–H and O–H groups in total. The Labute approximate surface area is 199 Å². The van der Waals surface area contributed by atoms with Crippen LogP contribution in [0.25, 0.3) is 0 Å². The molecule has 0 unspecified atom stereocenters. The fraction of sp³-hybridized carbons (Fsp3) is 0.231. The summed E-state index contributed by atoms with van der Waals surface area (Å²) in [5, 5.41) is 3.31. The van der Waals surface area contributed by atoms with E-state index < -0.39 is 0 Å². The van der Waals surface area contributed by atoms with Gasteiger partial charge in [0.1, 0.15) is 24.7 Å². The van der Waals surface area contributed by atoms with Gasteiger partial charge in [-0.3, -0.25) is 10.1 Å². The Morgan fingerprint density at radius 1 is 0.788 bits per heavy atom. The molecular weight excluding hydrogens is 434 g/mol. The van der Waals surface area contributed by atoms with Crippen LogP contribution in [0.1, 0.15) is 10.4 Å². The standard InChI is InChI=1S/C26H27N3O3S/c30-25(27-26(33)29-17-15-28(16-18-29)21-9-3-1-4-10-21)23-13-7-8-14-24(23)32-20-19-31-22-11-5-2-6-12-22/h1-14H,15-20H2,(H,27,30,33). The molecule has 3 aromatic carbocycles. The number of anilines is 1. The van der Waals surface area contributed by atoms with Gasteiger partial charge in [0.25, 0.3) is 5.91 Å². The fourth-order valence-corrected chi connectivity index (χ4v) is 3.93. The molecule has 0 spiro atoms. The Kier molecular flexibility index (Phi) is 7.76. The number of thiocarbonyl (C=S) groups is 1. The molecule has 4 rings (SSSR count). The van der Waals surface area contributed by atoms with Gasteiger partial charge in [-0.1, -0.05) is 48.5 Å². The van der Waals surface area contributed by atoms with Crippen molar-refractivity contribution in [3.8, 4) is 11.5 Å². The average molecular weight is 462 g/mol. The summed E-state index contributed by atoms with van der Waals surface area (Å²) >= 11 is 5.52. The summed E-state index contributed by atoms with van der Waals surface area (Å²) in [4.78, 5) is 17.3. The summed E-state index contributed by atoms with van der Waals surface area (Å²) in [5.74, 6) is 1.01. The van der Waals surface area contributed by atoms with Crippen LogP contribution in [0.3, 0.4) is 0 Å². The van der Waals surface area contributed by atoms with Gasteiger partial charge in [0.2, 0.25) is 0 Å². The van der Waals surface area contributed by atoms with Gasteiger partial charge in [-0.15, -0.1) is 0 Å². The van der Waals surface area contributed by atoms with Crippen LogP contribution in [-0.2, 0) is 0 Å². The number of hydrogen-bond acceptors (Lipinski definition) is 5. The molecule has 7 heteroatoms. The lowest BCUT2D eigenvalue weighted by molar-refractivity contribution is 0.0967. The predicted octanol–water partition coefficient (Wildman–Crippen LogP) is 3.98. The maximum atomic E-state index is 12.9. The van der Waals surface area contributed by atoms with Crippen molar-refractivity contribution in [2.75, 3.05) is 44.3 Å². The molecule has 1 saturated heterocycles. The zero-order valence-corrected chi connectivity index (χ0v) is 19.2. The van der Waals surface area contributed by atoms with Gasteiger partial charge in [-0.25, -0.2) is 0 Å². The molecule has 6 nitrogen and oxygen atoms in total. The summed E-state index contributed by atoms with van der Waals surface area (Å²) in [6, 6.07) is 27.0. The van der Waals surface area contributed by atoms with Crippen LogP contribution in [0, 0.1) is 0 Å². The summed E-state index contributed by atoms with van der Waals surface area (Å²) in [7, 11) is 0. The monoisotopic (exact) mass is 461 g/mol. The Morgan fingerprint density at radius 2 is 1.39 bits per heavy atom. The third kappa shape index (κ3) is 6.23. The summed E-state index contributed by atoms with van der Waals surface area (Å²) in [6.45, 7) is 3.91. The highest BCUT2D eigenvalue weighted by molar-refractivity contribution is 7.80. The zero-order chi connectivity index (χ0) is 22.9. The third-order valence-corrected chi connectivity index (χ3v) is 5.75. The molecule has 0 aliphatic carbocycles. The van der Waals surface area contributed by atoms with E-state index >= 15 is 0 Å². The number of ether oxygens (including phenoxy) is 2. The van der Waals surface area contributed by atoms with E-state index in [1.807, 2.05) is 65.6 Å². The van der Waals surface area contributed by atoms with E-state index in [1.54, 1.807) is 12.1 Å². The second-order valence-electron chi connectivity index (χ2n) is 7.58. The van der Waals surface area contributed by atoms with E-state index in [4.69, 9.17) is 21.7 Å². The van der Waals surface area contributed by atoms with Gasteiger partial charge in [0, 0.05) is 31.9 Å². The van der Waals surface area contributed by atoms with Crippen molar-refractivity contribution in [2.24, 2.45) is 0 Å². The Hall–Kier alpha value is -3.58. The molecule has 1 heterocycles. The van der Waals surface area contributed by atoms with Crippen molar-refractivity contribution in [1.82, 2.24) is 10.2 Å². The molecule has 3 aromatic rings. The molecule has 33 heavy (non-hydrogen) atoms. The molecular formula is C26H27N3O3S. The molecule has 0 aromatic heterocycles. The second kappa shape index (κ2) is 11.3. The molecule has 1 amide bonds. The normalized spacial score (nSPS) is 13.3. The van der Waals surface area contributed by atoms with E-state index in [0.717, 1.165) is 31.9 Å². The van der Waals surface area contributed by atoms with Crippen molar-refractivity contribution in [3.05, 3.63) is 90.5 Å². The zero-order valence-electron chi connectivity index (χ0n) is 18.4. The highest BCUT2D eigenvalue weighted by atomic mass is 32.1. The first kappa shape index (κ1) is 22.6. The van der Waals surface area contributed by atoms with Gasteiger partial charge in [0.05, 0.1) is 5.56 Å². The van der Waals surface area contributed by atoms with E-state index in [2.05, 4.69) is 22.3 Å². The van der Waals surface area contributed by atoms with Gasteiger partial charge >= 0.3 is 0 Å². The van der Waals surface area contributed by atoms with Crippen molar-refractivity contribution >= 4 is 28.9 Å². The lowest BCUT2D eigenvalue weighted by atomic mass is 10.2. The SMILES string of the molecule is O=C(NC(=S)N1CCN(c2ccccc2)CC1)c1ccccc1OCCOc1ccccc1. The molecule has 0 saturated carbocycles. The number of carbonyl (C=O) groups excluding carboxylic acids is 1. The van der Waals surface area contributed by atoms with Crippen molar-refractivity contribution in [1.29, 1.82) is 0 Å². The van der Waals surface area contributed by atoms with Crippen LogP contribution in [0.15, 0.2) is 84.9 Å². The number of benzene rings is 3. The Balaban J connectivity index is 1.27. The summed E-state index contributed by atoms with van der Waals surface area (Å²) < 4.78 is 11.5. The highest BCUT2D eigenvalue weighted by Gasteiger charge is 2.21. The van der Waals surface area contributed by atoms with Gasteiger partial charge in [-0.2, -0.15) is 0 Å². The first-order chi connectivity index (χ1) is 16.2. The average Bonchev–Trinajstić information content (AvgIpc) is 2.88. The molecule has 1 aliphatic heterocycles. The molecule has 170 valence electrons. The largest absolute Gasteiger partial charge is 0.490 e. The first-order valence-electron chi connectivity index (χ1n) is 11.0. The molecule has 0 bridgehead atoms. The first-order valence-corrected chi connectivity index (χ1v) is 11.4. The van der Waals surface area contributed by atoms with Crippen molar-refractivity contribution < 1.29 is 14.3 Å². The van der Waals surface area contributed by atoms with Crippen LogP contribution in [0.2, 0.25) is 0 Å². The lowest BCUT2D eigenvalue weighted by Crippen LogP contribution is -2.52. The third-order valence-electron chi connectivity index (χ3n) is 5.39. The quantitative estimate of drug-likeness (QED) is 0.424. The van der Waals surface area contributed by atoms with Crippen LogP contribution in [-0.4, -0.2) is 55.3 Å². The highest BCUT2D eigenvalue weighted by Crippen LogP contribution is 2.19. The molecule has 1 fully saturated rings. The van der Waals surface area contributed by atoms with Gasteiger partial charge in [0.15, 0.2) is 5.11 Å². The van der Waals surface area contributed by atoms with Crippen LogP contribution in [0.4, 0.5) is 5.69 Å². The fourth-order valence-electron chi connectivity index (χ4n) is 3.66. The number of carbonyl (C=O) groups is 1. The molecule has 0 atom stereocenters. The lowest BCUT2D eigenvalue weighted by Gasteiger charge is -2.37. The Morgan fingerprint density at radius 3 is 2.12 bits per heavy atom. The Bertz CT molecular complexity index is 1050. The smallest absolute Gasteiger partial charge is 0.261 e. The number of amides is 1.